The van der Waals surface area contributed by atoms with E-state index in [0.29, 0.717) is 10.8 Å². The van der Waals surface area contributed by atoms with E-state index in [0.717, 1.165) is 41.4 Å². The zero-order chi connectivity index (χ0) is 15.7. The second kappa shape index (κ2) is 5.00. The van der Waals surface area contributed by atoms with Crippen LogP contribution in [0.25, 0.3) is 0 Å². The fourth-order valence-corrected chi connectivity index (χ4v) is 8.11. The molecule has 0 saturated heterocycles. The van der Waals surface area contributed by atoms with Crippen LogP contribution in [-0.4, -0.2) is 0 Å². The van der Waals surface area contributed by atoms with Crippen molar-refractivity contribution in [2.24, 2.45) is 52.3 Å². The summed E-state index contributed by atoms with van der Waals surface area (Å²) in [5, 5.41) is 0. The molecule has 4 fully saturated rings. The molecule has 4 aliphatic carbocycles. The molecule has 4 saturated carbocycles. The van der Waals surface area contributed by atoms with Gasteiger partial charge in [-0.25, -0.2) is 0 Å². The van der Waals surface area contributed by atoms with Crippen LogP contribution >= 0.6 is 0 Å². The lowest BCUT2D eigenvalue weighted by Gasteiger charge is -2.63. The lowest BCUT2D eigenvalue weighted by molar-refractivity contribution is -0.139. The first kappa shape index (κ1) is 15.5. The fraction of sp³-hybridized carbons (Fsp3) is 1.00. The smallest absolute Gasteiger partial charge is 0.0266 e. The summed E-state index contributed by atoms with van der Waals surface area (Å²) in [7, 11) is 0. The Morgan fingerprint density at radius 1 is 0.727 bits per heavy atom. The standard InChI is InChI=1S/C22H38/c1-14-8-10-22(5)17(12-14)13-15(2)20-18-7-6-16(3)21(18,4)11-9-19(20)22/h14-20H,6-13H2,1-5H3. The van der Waals surface area contributed by atoms with Crippen LogP contribution in [0.5, 0.6) is 0 Å². The van der Waals surface area contributed by atoms with Crippen molar-refractivity contribution >= 4 is 0 Å². The second-order valence-corrected chi connectivity index (χ2v) is 10.6. The van der Waals surface area contributed by atoms with Gasteiger partial charge in [-0.3, -0.25) is 0 Å². The Bertz CT molecular complexity index is 439. The van der Waals surface area contributed by atoms with Gasteiger partial charge in [-0.2, -0.15) is 0 Å². The van der Waals surface area contributed by atoms with Crippen LogP contribution in [0, 0.1) is 52.3 Å². The predicted octanol–water partition coefficient (Wildman–Crippen LogP) is 6.55. The van der Waals surface area contributed by atoms with Gasteiger partial charge in [-0.15, -0.1) is 0 Å². The fourth-order valence-electron chi connectivity index (χ4n) is 8.11. The van der Waals surface area contributed by atoms with Crippen molar-refractivity contribution in [2.45, 2.75) is 86.0 Å². The molecular formula is C22H38. The van der Waals surface area contributed by atoms with Crippen molar-refractivity contribution in [1.82, 2.24) is 0 Å². The molecule has 0 aromatic rings. The van der Waals surface area contributed by atoms with Gasteiger partial charge in [-0.05, 0) is 97.2 Å². The van der Waals surface area contributed by atoms with Gasteiger partial charge in [0.2, 0.25) is 0 Å². The van der Waals surface area contributed by atoms with Gasteiger partial charge in [0.15, 0.2) is 0 Å². The van der Waals surface area contributed by atoms with Crippen LogP contribution in [0.1, 0.15) is 86.0 Å². The minimum atomic E-state index is 0.681. The Balaban J connectivity index is 1.67. The van der Waals surface area contributed by atoms with Crippen LogP contribution < -0.4 is 0 Å². The largest absolute Gasteiger partial charge is 0.0625 e. The number of rotatable bonds is 0. The van der Waals surface area contributed by atoms with E-state index in [-0.39, 0.29) is 0 Å². The Hall–Kier alpha value is 0. The van der Waals surface area contributed by atoms with E-state index in [9.17, 15) is 0 Å². The van der Waals surface area contributed by atoms with Crippen LogP contribution in [-0.2, 0) is 0 Å². The topological polar surface area (TPSA) is 0 Å². The highest BCUT2D eigenvalue weighted by atomic mass is 14.7. The van der Waals surface area contributed by atoms with Gasteiger partial charge in [0, 0.05) is 0 Å². The molecule has 0 nitrogen and oxygen atoms in total. The van der Waals surface area contributed by atoms with Crippen molar-refractivity contribution in [3.05, 3.63) is 0 Å². The van der Waals surface area contributed by atoms with Crippen molar-refractivity contribution in [3.8, 4) is 0 Å². The van der Waals surface area contributed by atoms with Gasteiger partial charge < -0.3 is 0 Å². The van der Waals surface area contributed by atoms with Gasteiger partial charge >= 0.3 is 0 Å². The number of hydrogen-bond donors (Lipinski definition) is 0. The molecule has 0 N–H and O–H groups in total. The molecule has 0 spiro atoms. The summed E-state index contributed by atoms with van der Waals surface area (Å²) in [6, 6.07) is 0. The van der Waals surface area contributed by atoms with E-state index in [4.69, 9.17) is 0 Å². The highest BCUT2D eigenvalue weighted by Gasteiger charge is 2.60. The zero-order valence-electron chi connectivity index (χ0n) is 15.7. The molecule has 0 aliphatic heterocycles. The molecule has 0 heterocycles. The minimum absolute atomic E-state index is 0.681. The Labute approximate surface area is 138 Å². The summed E-state index contributed by atoms with van der Waals surface area (Å²) in [6.07, 6.45) is 12.2. The molecule has 0 heteroatoms. The van der Waals surface area contributed by atoms with E-state index < -0.39 is 0 Å². The molecule has 126 valence electrons. The van der Waals surface area contributed by atoms with E-state index in [1.165, 1.54) is 32.1 Å². The third-order valence-corrected chi connectivity index (χ3v) is 9.76. The Morgan fingerprint density at radius 3 is 2.18 bits per heavy atom. The van der Waals surface area contributed by atoms with Crippen molar-refractivity contribution in [3.63, 3.8) is 0 Å². The molecule has 22 heavy (non-hydrogen) atoms. The number of fused-ring (bicyclic) bond motifs is 5. The third kappa shape index (κ3) is 1.94. The molecular weight excluding hydrogens is 264 g/mol. The Kier molecular flexibility index (Phi) is 3.53. The highest BCUT2D eigenvalue weighted by Crippen LogP contribution is 2.68. The summed E-state index contributed by atoms with van der Waals surface area (Å²) in [4.78, 5) is 0. The van der Waals surface area contributed by atoms with Gasteiger partial charge in [0.1, 0.15) is 0 Å². The molecule has 4 aliphatic rings. The Morgan fingerprint density at radius 2 is 1.41 bits per heavy atom. The monoisotopic (exact) mass is 302 g/mol. The quantitative estimate of drug-likeness (QED) is 0.476. The molecule has 0 aromatic heterocycles. The van der Waals surface area contributed by atoms with Gasteiger partial charge in [0.05, 0.1) is 0 Å². The predicted molar refractivity (Wildman–Crippen MR) is 94.6 cm³/mol. The molecule has 0 amide bonds. The third-order valence-electron chi connectivity index (χ3n) is 9.76. The van der Waals surface area contributed by atoms with Crippen LogP contribution in [0.3, 0.4) is 0 Å². The summed E-state index contributed by atoms with van der Waals surface area (Å²) in [6.45, 7) is 13.1. The van der Waals surface area contributed by atoms with Crippen molar-refractivity contribution in [1.29, 1.82) is 0 Å². The second-order valence-electron chi connectivity index (χ2n) is 10.6. The SMILES string of the molecule is CC1CCC2(C)C(C1)CC(C)C1C3CCC(C)C3(C)CCC12. The molecule has 9 unspecified atom stereocenters. The van der Waals surface area contributed by atoms with Crippen LogP contribution in [0.4, 0.5) is 0 Å². The molecule has 0 bridgehead atoms. The number of hydrogen-bond acceptors (Lipinski definition) is 0. The molecule has 0 radical (unpaired) electrons. The molecule has 4 rings (SSSR count). The molecule has 0 aromatic carbocycles. The maximum Gasteiger partial charge on any atom is -0.0266 e. The van der Waals surface area contributed by atoms with E-state index in [1.54, 1.807) is 19.3 Å². The van der Waals surface area contributed by atoms with Gasteiger partial charge in [-0.1, -0.05) is 41.0 Å². The van der Waals surface area contributed by atoms with E-state index >= 15 is 0 Å². The summed E-state index contributed by atoms with van der Waals surface area (Å²) in [5.41, 5.74) is 1.37. The highest BCUT2D eigenvalue weighted by molar-refractivity contribution is 5.09. The normalized spacial score (nSPS) is 61.2. The maximum absolute atomic E-state index is 2.72. The van der Waals surface area contributed by atoms with E-state index in [2.05, 4.69) is 34.6 Å². The van der Waals surface area contributed by atoms with Crippen LogP contribution in [0.2, 0.25) is 0 Å². The maximum atomic E-state index is 2.72. The van der Waals surface area contributed by atoms with E-state index in [1.807, 2.05) is 0 Å². The van der Waals surface area contributed by atoms with Gasteiger partial charge in [0.25, 0.3) is 0 Å². The summed E-state index contributed by atoms with van der Waals surface area (Å²) < 4.78 is 0. The first-order valence-electron chi connectivity index (χ1n) is 10.4. The van der Waals surface area contributed by atoms with Crippen molar-refractivity contribution in [2.75, 3.05) is 0 Å². The lowest BCUT2D eigenvalue weighted by atomic mass is 9.42. The van der Waals surface area contributed by atoms with Crippen molar-refractivity contribution < 1.29 is 0 Å². The zero-order valence-corrected chi connectivity index (χ0v) is 15.7. The first-order chi connectivity index (χ1) is 10.4. The lowest BCUT2D eigenvalue weighted by Crippen LogP contribution is -2.55. The summed E-state index contributed by atoms with van der Waals surface area (Å²) in [5.74, 6) is 7.15. The minimum Gasteiger partial charge on any atom is -0.0625 e. The van der Waals surface area contributed by atoms with Crippen LogP contribution in [0.15, 0.2) is 0 Å². The average Bonchev–Trinajstić information content (AvgIpc) is 2.77. The average molecular weight is 303 g/mol. The first-order valence-corrected chi connectivity index (χ1v) is 10.4. The molecule has 9 atom stereocenters. The summed E-state index contributed by atoms with van der Waals surface area (Å²) >= 11 is 0.